The van der Waals surface area contributed by atoms with E-state index in [1.54, 1.807) is 0 Å². The molecule has 1 spiro atoms. The summed E-state index contributed by atoms with van der Waals surface area (Å²) in [5.74, 6) is 2.54. The minimum Gasteiger partial charge on any atom is -0.299 e. The van der Waals surface area contributed by atoms with Gasteiger partial charge in [0.25, 0.3) is 0 Å². The fourth-order valence-corrected chi connectivity index (χ4v) is 5.21. The van der Waals surface area contributed by atoms with Crippen molar-refractivity contribution in [1.29, 1.82) is 0 Å². The van der Waals surface area contributed by atoms with Crippen molar-refractivity contribution < 1.29 is 4.79 Å². The molecule has 0 aromatic carbocycles. The SMILES string of the molecule is C[C@H]1CCC2C(C)(C)C(=O)[C@H]3CC[C@@]21C3. The summed E-state index contributed by atoms with van der Waals surface area (Å²) >= 11 is 0. The maximum absolute atomic E-state index is 12.4. The molecule has 0 radical (unpaired) electrons. The molecule has 3 fully saturated rings. The normalized spacial score (nSPS) is 51.9. The summed E-state index contributed by atoms with van der Waals surface area (Å²) in [5.41, 5.74) is 0.534. The fourth-order valence-electron chi connectivity index (χ4n) is 5.21. The third-order valence-electron chi connectivity index (χ3n) is 6.03. The Balaban J connectivity index is 2.09. The van der Waals surface area contributed by atoms with Crippen LogP contribution in [0.1, 0.15) is 52.9 Å². The molecular formula is C14H22O. The first kappa shape index (κ1) is 9.86. The number of ketones is 1. The maximum atomic E-state index is 12.4. The molecule has 15 heavy (non-hydrogen) atoms. The van der Waals surface area contributed by atoms with Crippen molar-refractivity contribution >= 4 is 5.78 Å². The maximum Gasteiger partial charge on any atom is 0.141 e. The van der Waals surface area contributed by atoms with Crippen molar-refractivity contribution in [2.75, 3.05) is 0 Å². The van der Waals surface area contributed by atoms with Crippen LogP contribution in [0.3, 0.4) is 0 Å². The van der Waals surface area contributed by atoms with E-state index in [1.807, 2.05) is 0 Å². The lowest BCUT2D eigenvalue weighted by Gasteiger charge is -2.47. The number of carbonyl (C=O) groups excluding carboxylic acids is 1. The third-order valence-corrected chi connectivity index (χ3v) is 6.03. The Morgan fingerprint density at radius 3 is 2.67 bits per heavy atom. The third kappa shape index (κ3) is 0.976. The highest BCUT2D eigenvalue weighted by atomic mass is 16.1. The predicted octanol–water partition coefficient (Wildman–Crippen LogP) is 3.43. The number of fused-ring (bicyclic) bond motifs is 1. The molecule has 3 saturated carbocycles. The predicted molar refractivity (Wildman–Crippen MR) is 60.5 cm³/mol. The van der Waals surface area contributed by atoms with Gasteiger partial charge in [-0.25, -0.2) is 0 Å². The van der Waals surface area contributed by atoms with Gasteiger partial charge in [0, 0.05) is 11.3 Å². The van der Waals surface area contributed by atoms with Crippen LogP contribution in [0, 0.1) is 28.6 Å². The minimum atomic E-state index is -0.0236. The Kier molecular flexibility index (Phi) is 1.76. The monoisotopic (exact) mass is 206 g/mol. The molecule has 3 aliphatic rings. The van der Waals surface area contributed by atoms with Gasteiger partial charge in [0.1, 0.15) is 5.78 Å². The average Bonchev–Trinajstić information content (AvgIpc) is 2.71. The molecule has 1 unspecified atom stereocenters. The molecule has 2 bridgehead atoms. The first-order valence-electron chi connectivity index (χ1n) is 6.53. The van der Waals surface area contributed by atoms with Crippen LogP contribution in [0.5, 0.6) is 0 Å². The largest absolute Gasteiger partial charge is 0.299 e. The standard InChI is InChI=1S/C14H22O/c1-9-4-5-11-13(2,3)12(15)10-6-7-14(9,11)8-10/h9-11H,4-8H2,1-3H3/t9-,10-,11?,14-/m0/s1. The van der Waals surface area contributed by atoms with Gasteiger partial charge in [-0.3, -0.25) is 4.79 Å². The van der Waals surface area contributed by atoms with Crippen LogP contribution < -0.4 is 0 Å². The lowest BCUT2D eigenvalue weighted by Crippen LogP contribution is -2.47. The van der Waals surface area contributed by atoms with Crippen LogP contribution in [0.4, 0.5) is 0 Å². The summed E-state index contributed by atoms with van der Waals surface area (Å²) in [7, 11) is 0. The highest BCUT2D eigenvalue weighted by Gasteiger charge is 2.63. The molecule has 3 rings (SSSR count). The second kappa shape index (κ2) is 2.67. The average molecular weight is 206 g/mol. The van der Waals surface area contributed by atoms with Crippen LogP contribution in [0.2, 0.25) is 0 Å². The number of Topliss-reactive ketones (excluding diaryl/α,β-unsaturated/α-hetero) is 1. The summed E-state index contributed by atoms with van der Waals surface area (Å²) in [6.07, 6.45) is 6.39. The van der Waals surface area contributed by atoms with Gasteiger partial charge >= 0.3 is 0 Å². The zero-order valence-electron chi connectivity index (χ0n) is 10.2. The highest BCUT2D eigenvalue weighted by molar-refractivity contribution is 5.88. The van der Waals surface area contributed by atoms with Crippen molar-refractivity contribution in [1.82, 2.24) is 0 Å². The summed E-state index contributed by atoms with van der Waals surface area (Å²) in [4.78, 5) is 12.4. The van der Waals surface area contributed by atoms with Gasteiger partial charge in [0.15, 0.2) is 0 Å². The van der Waals surface area contributed by atoms with E-state index in [-0.39, 0.29) is 5.41 Å². The van der Waals surface area contributed by atoms with E-state index >= 15 is 0 Å². The van der Waals surface area contributed by atoms with E-state index in [1.165, 1.54) is 32.1 Å². The lowest BCUT2D eigenvalue weighted by atomic mass is 9.55. The number of hydrogen-bond donors (Lipinski definition) is 0. The van der Waals surface area contributed by atoms with Gasteiger partial charge in [0.05, 0.1) is 0 Å². The first-order valence-corrected chi connectivity index (χ1v) is 6.53. The van der Waals surface area contributed by atoms with E-state index in [0.29, 0.717) is 23.0 Å². The van der Waals surface area contributed by atoms with Crippen molar-refractivity contribution in [3.63, 3.8) is 0 Å². The quantitative estimate of drug-likeness (QED) is 0.593. The molecule has 84 valence electrons. The van der Waals surface area contributed by atoms with Crippen LogP contribution in [-0.4, -0.2) is 5.78 Å². The highest BCUT2D eigenvalue weighted by Crippen LogP contribution is 2.67. The van der Waals surface area contributed by atoms with Gasteiger partial charge in [-0.05, 0) is 49.4 Å². The molecule has 0 saturated heterocycles. The van der Waals surface area contributed by atoms with Gasteiger partial charge in [-0.2, -0.15) is 0 Å². The fraction of sp³-hybridized carbons (Fsp3) is 0.929. The molecule has 1 nitrogen and oxygen atoms in total. The lowest BCUT2D eigenvalue weighted by molar-refractivity contribution is -0.141. The minimum absolute atomic E-state index is 0.0236. The number of carbonyl (C=O) groups is 1. The van der Waals surface area contributed by atoms with Gasteiger partial charge in [0.2, 0.25) is 0 Å². The van der Waals surface area contributed by atoms with Crippen LogP contribution in [0.15, 0.2) is 0 Å². The second-order valence-corrected chi connectivity index (χ2v) is 6.79. The van der Waals surface area contributed by atoms with Crippen LogP contribution in [-0.2, 0) is 4.79 Å². The van der Waals surface area contributed by atoms with Crippen molar-refractivity contribution in [2.24, 2.45) is 28.6 Å². The van der Waals surface area contributed by atoms with Crippen molar-refractivity contribution in [3.8, 4) is 0 Å². The topological polar surface area (TPSA) is 17.1 Å². The number of rotatable bonds is 0. The molecule has 1 heteroatoms. The van der Waals surface area contributed by atoms with Gasteiger partial charge in [-0.1, -0.05) is 20.8 Å². The molecule has 4 atom stereocenters. The van der Waals surface area contributed by atoms with E-state index in [4.69, 9.17) is 0 Å². The summed E-state index contributed by atoms with van der Waals surface area (Å²) in [6, 6.07) is 0. The van der Waals surface area contributed by atoms with Gasteiger partial charge < -0.3 is 0 Å². The summed E-state index contributed by atoms with van der Waals surface area (Å²) in [5, 5.41) is 0. The molecular weight excluding hydrogens is 184 g/mol. The summed E-state index contributed by atoms with van der Waals surface area (Å²) in [6.45, 7) is 6.85. The Hall–Kier alpha value is -0.330. The van der Waals surface area contributed by atoms with Crippen molar-refractivity contribution in [2.45, 2.75) is 52.9 Å². The Morgan fingerprint density at radius 2 is 1.93 bits per heavy atom. The molecule has 0 aromatic rings. The van der Waals surface area contributed by atoms with E-state index in [9.17, 15) is 4.79 Å². The Bertz CT molecular complexity index is 317. The Labute approximate surface area is 92.6 Å². The zero-order chi connectivity index (χ0) is 10.8. The van der Waals surface area contributed by atoms with E-state index < -0.39 is 0 Å². The van der Waals surface area contributed by atoms with Crippen molar-refractivity contribution in [3.05, 3.63) is 0 Å². The van der Waals surface area contributed by atoms with E-state index in [2.05, 4.69) is 20.8 Å². The van der Waals surface area contributed by atoms with E-state index in [0.717, 1.165) is 5.92 Å². The summed E-state index contributed by atoms with van der Waals surface area (Å²) < 4.78 is 0. The molecule has 0 heterocycles. The number of hydrogen-bond acceptors (Lipinski definition) is 1. The van der Waals surface area contributed by atoms with Crippen LogP contribution >= 0.6 is 0 Å². The molecule has 0 amide bonds. The zero-order valence-corrected chi connectivity index (χ0v) is 10.2. The molecule has 0 aromatic heterocycles. The first-order chi connectivity index (χ1) is 6.98. The molecule has 0 N–H and O–H groups in total. The Morgan fingerprint density at radius 1 is 1.20 bits per heavy atom. The molecule has 0 aliphatic heterocycles. The molecule has 3 aliphatic carbocycles. The van der Waals surface area contributed by atoms with Crippen LogP contribution in [0.25, 0.3) is 0 Å². The van der Waals surface area contributed by atoms with Gasteiger partial charge in [-0.15, -0.1) is 0 Å². The smallest absolute Gasteiger partial charge is 0.141 e. The second-order valence-electron chi connectivity index (χ2n) is 6.79.